The van der Waals surface area contributed by atoms with Crippen molar-refractivity contribution in [2.24, 2.45) is 0 Å². The Hall–Kier alpha value is -2.61. The van der Waals surface area contributed by atoms with Crippen LogP contribution >= 0.6 is 0 Å². The molecule has 3 rings (SSSR count). The van der Waals surface area contributed by atoms with Gasteiger partial charge in [-0.3, -0.25) is 4.57 Å². The maximum atomic E-state index is 9.95. The molecule has 3 heterocycles. The van der Waals surface area contributed by atoms with E-state index in [2.05, 4.69) is 15.0 Å². The lowest BCUT2D eigenvalue weighted by atomic mass is 10.1. The van der Waals surface area contributed by atoms with E-state index in [9.17, 15) is 10.2 Å². The number of ether oxygens (including phenoxy) is 1. The molecule has 6 N–H and O–H groups in total. The summed E-state index contributed by atoms with van der Waals surface area (Å²) in [5, 5.41) is 42.4. The largest absolute Gasteiger partial charge is 0.394 e. The zero-order valence-corrected chi connectivity index (χ0v) is 11.5. The predicted molar refractivity (Wildman–Crippen MR) is 71.5 cm³/mol. The van der Waals surface area contributed by atoms with Crippen molar-refractivity contribution in [1.29, 1.82) is 0 Å². The van der Waals surface area contributed by atoms with E-state index in [1.807, 2.05) is 0 Å². The fourth-order valence-corrected chi connectivity index (χ4v) is 2.17. The van der Waals surface area contributed by atoms with Crippen LogP contribution in [0.3, 0.4) is 0 Å². The summed E-state index contributed by atoms with van der Waals surface area (Å²) in [7, 11) is 0. The van der Waals surface area contributed by atoms with E-state index in [0.29, 0.717) is 11.2 Å². The molecule has 13 heteroatoms. The normalized spacial score (nSPS) is 26.7. The number of nitrogen functional groups attached to an aromatic ring is 1. The smallest absolute Gasteiger partial charge is 0.291 e. The number of fused-ring (bicyclic) bond motifs is 1. The Labute approximate surface area is 127 Å². The van der Waals surface area contributed by atoms with Gasteiger partial charge in [-0.15, -0.1) is 10.1 Å². The second kappa shape index (κ2) is 6.66. The molecule has 1 aliphatic heterocycles. The van der Waals surface area contributed by atoms with Gasteiger partial charge in [0.1, 0.15) is 30.2 Å². The van der Waals surface area contributed by atoms with Crippen LogP contribution < -0.4 is 5.73 Å². The lowest BCUT2D eigenvalue weighted by Gasteiger charge is -2.16. The van der Waals surface area contributed by atoms with Crippen molar-refractivity contribution in [1.82, 2.24) is 19.5 Å². The van der Waals surface area contributed by atoms with Gasteiger partial charge in [0.2, 0.25) is 0 Å². The third-order valence-electron chi connectivity index (χ3n) is 3.18. The van der Waals surface area contributed by atoms with Gasteiger partial charge in [0, 0.05) is 0 Å². The summed E-state index contributed by atoms with van der Waals surface area (Å²) >= 11 is 0. The van der Waals surface area contributed by atoms with Gasteiger partial charge in [-0.1, -0.05) is 0 Å². The molecule has 13 nitrogen and oxygen atoms in total. The van der Waals surface area contributed by atoms with Crippen LogP contribution in [0.4, 0.5) is 5.82 Å². The number of nitrogens with zero attached hydrogens (tertiary/aromatic N) is 5. The molecule has 23 heavy (non-hydrogen) atoms. The lowest BCUT2D eigenvalue weighted by Crippen LogP contribution is -2.33. The van der Waals surface area contributed by atoms with Gasteiger partial charge in [-0.05, 0) is 0 Å². The van der Waals surface area contributed by atoms with Crippen LogP contribution in [-0.2, 0) is 4.74 Å². The standard InChI is InChI=1S/C10H13N5O4.HNO3/c11-8-5-9(13-2-12-8)15(3-14-5)10-7(18)6(17)4(1-16)19-10;2-1(3)4/h2-4,6-7,10,16-18H,1H2,(H2,11,12,13);(H,2,3,4)/t4-,6-,7-,10-;/m1./s1. The predicted octanol–water partition coefficient (Wildman–Crippen LogP) is -2.33. The third kappa shape index (κ3) is 3.26. The zero-order valence-electron chi connectivity index (χ0n) is 11.5. The second-order valence-corrected chi connectivity index (χ2v) is 4.55. The first-order valence-corrected chi connectivity index (χ1v) is 6.25. The number of aliphatic hydroxyl groups excluding tert-OH is 3. The maximum Gasteiger partial charge on any atom is 0.291 e. The molecule has 0 aliphatic carbocycles. The van der Waals surface area contributed by atoms with Gasteiger partial charge >= 0.3 is 0 Å². The van der Waals surface area contributed by atoms with Gasteiger partial charge in [0.05, 0.1) is 12.9 Å². The highest BCUT2D eigenvalue weighted by Gasteiger charge is 2.43. The van der Waals surface area contributed by atoms with E-state index in [4.69, 9.17) is 30.9 Å². The monoisotopic (exact) mass is 330 g/mol. The Kier molecular flexibility index (Phi) is 4.85. The molecule has 4 atom stereocenters. The Morgan fingerprint density at radius 1 is 1.35 bits per heavy atom. The second-order valence-electron chi connectivity index (χ2n) is 4.55. The summed E-state index contributed by atoms with van der Waals surface area (Å²) in [6.45, 7) is -0.390. The average molecular weight is 330 g/mol. The minimum absolute atomic E-state index is 0.218. The minimum Gasteiger partial charge on any atom is -0.394 e. The molecule has 1 aliphatic rings. The summed E-state index contributed by atoms with van der Waals surface area (Å²) in [6, 6.07) is 0. The van der Waals surface area contributed by atoms with Crippen molar-refractivity contribution in [3.8, 4) is 0 Å². The SMILES string of the molecule is Nc1ncnc2c1ncn2[C@@H]1O[C@H](CO)[C@@H](O)[C@H]1O.O=[N+]([O-])O. The Bertz CT molecular complexity index is 689. The van der Waals surface area contributed by atoms with E-state index in [-0.39, 0.29) is 5.82 Å². The summed E-state index contributed by atoms with van der Waals surface area (Å²) < 4.78 is 6.85. The van der Waals surface area contributed by atoms with Crippen LogP contribution in [0.25, 0.3) is 11.2 Å². The molecule has 1 saturated heterocycles. The van der Waals surface area contributed by atoms with Crippen LogP contribution in [0, 0.1) is 10.1 Å². The first-order chi connectivity index (χ1) is 10.9. The molecule has 126 valence electrons. The number of anilines is 1. The number of rotatable bonds is 2. The Morgan fingerprint density at radius 3 is 2.57 bits per heavy atom. The van der Waals surface area contributed by atoms with Gasteiger partial charge < -0.3 is 31.0 Å². The molecule has 0 aromatic carbocycles. The van der Waals surface area contributed by atoms with Crippen molar-refractivity contribution >= 4 is 17.0 Å². The molecule has 2 aromatic rings. The average Bonchev–Trinajstić information content (AvgIpc) is 3.02. The van der Waals surface area contributed by atoms with Crippen LogP contribution in [0.5, 0.6) is 0 Å². The Balaban J connectivity index is 0.000000433. The van der Waals surface area contributed by atoms with E-state index in [0.717, 1.165) is 0 Å². The van der Waals surface area contributed by atoms with Crippen LogP contribution in [0.15, 0.2) is 12.7 Å². The van der Waals surface area contributed by atoms with Gasteiger partial charge in [-0.2, -0.15) is 0 Å². The van der Waals surface area contributed by atoms with Crippen molar-refractivity contribution in [2.75, 3.05) is 12.3 Å². The van der Waals surface area contributed by atoms with E-state index >= 15 is 0 Å². The highest BCUT2D eigenvalue weighted by Crippen LogP contribution is 2.31. The van der Waals surface area contributed by atoms with Crippen LogP contribution in [0.1, 0.15) is 6.23 Å². The van der Waals surface area contributed by atoms with E-state index in [1.165, 1.54) is 17.2 Å². The molecular weight excluding hydrogens is 316 g/mol. The number of aromatic nitrogens is 4. The summed E-state index contributed by atoms with van der Waals surface area (Å²) in [5.74, 6) is 0.218. The summed E-state index contributed by atoms with van der Waals surface area (Å²) in [5.41, 5.74) is 6.44. The highest BCUT2D eigenvalue weighted by atomic mass is 16.9. The van der Waals surface area contributed by atoms with E-state index in [1.54, 1.807) is 0 Å². The molecule has 0 radical (unpaired) electrons. The molecule has 0 saturated carbocycles. The Morgan fingerprint density at radius 2 is 2.00 bits per heavy atom. The number of nitrogens with two attached hydrogens (primary N) is 1. The van der Waals surface area contributed by atoms with Crippen molar-refractivity contribution < 1.29 is 30.4 Å². The van der Waals surface area contributed by atoms with Gasteiger partial charge in [0.25, 0.3) is 5.09 Å². The van der Waals surface area contributed by atoms with Crippen molar-refractivity contribution in [3.05, 3.63) is 22.8 Å². The van der Waals surface area contributed by atoms with E-state index < -0.39 is 36.2 Å². The maximum absolute atomic E-state index is 9.95. The molecule has 0 bridgehead atoms. The number of hydrogen-bond acceptors (Lipinski definition) is 10. The number of aliphatic hydroxyl groups is 3. The van der Waals surface area contributed by atoms with Crippen molar-refractivity contribution in [3.63, 3.8) is 0 Å². The first kappa shape index (κ1) is 16.8. The summed E-state index contributed by atoms with van der Waals surface area (Å²) in [4.78, 5) is 20.3. The third-order valence-corrected chi connectivity index (χ3v) is 3.18. The lowest BCUT2D eigenvalue weighted by molar-refractivity contribution is -0.742. The fraction of sp³-hybridized carbons (Fsp3) is 0.500. The fourth-order valence-electron chi connectivity index (χ4n) is 2.17. The minimum atomic E-state index is -1.50. The first-order valence-electron chi connectivity index (χ1n) is 6.25. The topological polar surface area (TPSA) is 203 Å². The van der Waals surface area contributed by atoms with Gasteiger partial charge in [0.15, 0.2) is 17.7 Å². The molecule has 0 unspecified atom stereocenters. The van der Waals surface area contributed by atoms with Crippen LogP contribution in [0.2, 0.25) is 0 Å². The number of imidazole rings is 1. The summed E-state index contributed by atoms with van der Waals surface area (Å²) in [6.07, 6.45) is -1.42. The quantitative estimate of drug-likeness (QED) is 0.292. The molecule has 0 amide bonds. The van der Waals surface area contributed by atoms with Crippen LogP contribution in [-0.4, -0.2) is 70.1 Å². The highest BCUT2D eigenvalue weighted by molar-refractivity contribution is 5.81. The van der Waals surface area contributed by atoms with Gasteiger partial charge in [-0.25, -0.2) is 15.0 Å². The molecule has 1 fully saturated rings. The zero-order chi connectivity index (χ0) is 17.1. The number of hydrogen-bond donors (Lipinski definition) is 5. The van der Waals surface area contributed by atoms with Crippen molar-refractivity contribution in [2.45, 2.75) is 24.5 Å². The molecule has 2 aromatic heterocycles. The molecule has 0 spiro atoms. The molecular formula is C10H14N6O7.